The second-order valence-corrected chi connectivity index (χ2v) is 3.02. The largest absolute Gasteiger partial charge is 0.437 e. The van der Waals surface area contributed by atoms with E-state index in [1.165, 1.54) is 12.1 Å². The van der Waals surface area contributed by atoms with E-state index < -0.39 is 0 Å². The number of para-hydroxylation sites is 1. The Labute approximate surface area is 90.7 Å². The third-order valence-corrected chi connectivity index (χ3v) is 1.91. The minimum atomic E-state index is -0.309. The summed E-state index contributed by atoms with van der Waals surface area (Å²) in [7, 11) is 0. The molecule has 0 spiro atoms. The van der Waals surface area contributed by atoms with Gasteiger partial charge in [0.2, 0.25) is 5.88 Å². The van der Waals surface area contributed by atoms with Gasteiger partial charge in [0.15, 0.2) is 6.29 Å². The molecule has 0 saturated carbocycles. The van der Waals surface area contributed by atoms with Crippen molar-refractivity contribution in [2.24, 2.45) is 0 Å². The van der Waals surface area contributed by atoms with Crippen LogP contribution in [0.5, 0.6) is 11.6 Å². The van der Waals surface area contributed by atoms with Gasteiger partial charge in [0, 0.05) is 12.1 Å². The number of nitrogens with one attached hydrogen (secondary N) is 1. The molecule has 0 radical (unpaired) electrons. The van der Waals surface area contributed by atoms with Crippen LogP contribution < -0.4 is 10.3 Å². The molecule has 1 N–H and O–H groups in total. The number of hydrogen-bond donors (Lipinski definition) is 1. The standard InChI is InChI=1S/C11H8N2O3/c14-7-8-3-1-2-4-9(8)16-11-6-5-10(15)12-13-11/h1-7H,(H,12,15). The summed E-state index contributed by atoms with van der Waals surface area (Å²) < 4.78 is 5.34. The first kappa shape index (κ1) is 10.1. The van der Waals surface area contributed by atoms with E-state index in [2.05, 4.69) is 10.2 Å². The predicted octanol–water partition coefficient (Wildman–Crippen LogP) is 1.37. The number of rotatable bonds is 3. The van der Waals surface area contributed by atoms with E-state index in [9.17, 15) is 9.59 Å². The zero-order valence-electron chi connectivity index (χ0n) is 8.21. The molecule has 0 aliphatic carbocycles. The van der Waals surface area contributed by atoms with Gasteiger partial charge < -0.3 is 4.74 Å². The Morgan fingerprint density at radius 2 is 2.00 bits per heavy atom. The molecule has 5 heteroatoms. The van der Waals surface area contributed by atoms with Crippen LogP contribution in [-0.4, -0.2) is 16.5 Å². The van der Waals surface area contributed by atoms with Crippen LogP contribution in [-0.2, 0) is 0 Å². The van der Waals surface area contributed by atoms with Gasteiger partial charge in [-0.3, -0.25) is 9.59 Å². The smallest absolute Gasteiger partial charge is 0.264 e. The lowest BCUT2D eigenvalue weighted by atomic mass is 10.2. The summed E-state index contributed by atoms with van der Waals surface area (Å²) in [5, 5.41) is 5.91. The van der Waals surface area contributed by atoms with Gasteiger partial charge in [0.25, 0.3) is 5.56 Å². The monoisotopic (exact) mass is 216 g/mol. The molecule has 0 fully saturated rings. The highest BCUT2D eigenvalue weighted by Gasteiger charge is 2.03. The van der Waals surface area contributed by atoms with Crippen molar-refractivity contribution in [1.82, 2.24) is 10.2 Å². The van der Waals surface area contributed by atoms with Crippen molar-refractivity contribution in [3.63, 3.8) is 0 Å². The zero-order valence-corrected chi connectivity index (χ0v) is 8.21. The van der Waals surface area contributed by atoms with Crippen molar-refractivity contribution < 1.29 is 9.53 Å². The molecular weight excluding hydrogens is 208 g/mol. The van der Waals surface area contributed by atoms with Crippen molar-refractivity contribution in [2.45, 2.75) is 0 Å². The van der Waals surface area contributed by atoms with Crippen LogP contribution in [0.3, 0.4) is 0 Å². The molecule has 1 aromatic heterocycles. The topological polar surface area (TPSA) is 72.1 Å². The molecule has 5 nitrogen and oxygen atoms in total. The van der Waals surface area contributed by atoms with E-state index in [4.69, 9.17) is 4.74 Å². The number of H-pyrrole nitrogens is 1. The first-order valence-electron chi connectivity index (χ1n) is 4.57. The summed E-state index contributed by atoms with van der Waals surface area (Å²) >= 11 is 0. The first-order chi connectivity index (χ1) is 7.79. The van der Waals surface area contributed by atoms with E-state index in [0.29, 0.717) is 17.6 Å². The molecule has 0 aliphatic heterocycles. The summed E-state index contributed by atoms with van der Waals surface area (Å²) in [6.07, 6.45) is 0.695. The lowest BCUT2D eigenvalue weighted by Crippen LogP contribution is -2.05. The third kappa shape index (κ3) is 2.14. The third-order valence-electron chi connectivity index (χ3n) is 1.91. The van der Waals surface area contributed by atoms with Crippen LogP contribution in [0.2, 0.25) is 0 Å². The first-order valence-corrected chi connectivity index (χ1v) is 4.57. The summed E-state index contributed by atoms with van der Waals surface area (Å²) in [5.74, 6) is 0.631. The SMILES string of the molecule is O=Cc1ccccc1Oc1ccc(=O)[nH]n1. The van der Waals surface area contributed by atoms with Gasteiger partial charge >= 0.3 is 0 Å². The second-order valence-electron chi connectivity index (χ2n) is 3.02. The van der Waals surface area contributed by atoms with E-state index in [1.54, 1.807) is 24.3 Å². The average molecular weight is 216 g/mol. The number of carbonyl (C=O) groups is 1. The lowest BCUT2D eigenvalue weighted by Gasteiger charge is -2.05. The molecule has 16 heavy (non-hydrogen) atoms. The highest BCUT2D eigenvalue weighted by atomic mass is 16.5. The van der Waals surface area contributed by atoms with E-state index in [0.717, 1.165) is 0 Å². The summed E-state index contributed by atoms with van der Waals surface area (Å²) in [6, 6.07) is 9.49. The van der Waals surface area contributed by atoms with Crippen molar-refractivity contribution in [2.75, 3.05) is 0 Å². The summed E-state index contributed by atoms with van der Waals surface area (Å²) in [4.78, 5) is 21.5. The number of carbonyl (C=O) groups excluding carboxylic acids is 1. The van der Waals surface area contributed by atoms with E-state index >= 15 is 0 Å². The number of aromatic amines is 1. The molecule has 1 aromatic carbocycles. The van der Waals surface area contributed by atoms with E-state index in [-0.39, 0.29) is 11.4 Å². The van der Waals surface area contributed by atoms with Gasteiger partial charge in [-0.15, -0.1) is 5.10 Å². The number of hydrogen-bond acceptors (Lipinski definition) is 4. The summed E-state index contributed by atoms with van der Waals surface area (Å²) in [5.41, 5.74) is 0.117. The number of benzene rings is 1. The number of aldehydes is 1. The molecular formula is C11H8N2O3. The highest BCUT2D eigenvalue weighted by Crippen LogP contribution is 2.21. The van der Waals surface area contributed by atoms with E-state index in [1.807, 2.05) is 0 Å². The Hall–Kier alpha value is -2.43. The molecule has 0 unspecified atom stereocenters. The minimum Gasteiger partial charge on any atom is -0.437 e. The van der Waals surface area contributed by atoms with Gasteiger partial charge in [-0.25, -0.2) is 5.10 Å². The van der Waals surface area contributed by atoms with Crippen LogP contribution in [0, 0.1) is 0 Å². The van der Waals surface area contributed by atoms with Gasteiger partial charge in [0.05, 0.1) is 5.56 Å². The fraction of sp³-hybridized carbons (Fsp3) is 0. The molecule has 0 saturated heterocycles. The fourth-order valence-electron chi connectivity index (χ4n) is 1.17. The predicted molar refractivity (Wildman–Crippen MR) is 56.8 cm³/mol. The Kier molecular flexibility index (Phi) is 2.77. The van der Waals surface area contributed by atoms with Gasteiger partial charge in [-0.1, -0.05) is 12.1 Å². The number of nitrogens with zero attached hydrogens (tertiary/aromatic N) is 1. The van der Waals surface area contributed by atoms with Crippen LogP contribution in [0.15, 0.2) is 41.2 Å². The van der Waals surface area contributed by atoms with Crippen LogP contribution >= 0.6 is 0 Å². The molecule has 80 valence electrons. The zero-order chi connectivity index (χ0) is 11.4. The molecule has 2 aromatic rings. The van der Waals surface area contributed by atoms with Gasteiger partial charge in [-0.05, 0) is 12.1 Å². The second kappa shape index (κ2) is 4.39. The van der Waals surface area contributed by atoms with Crippen molar-refractivity contribution in [3.8, 4) is 11.6 Å². The molecule has 1 heterocycles. The van der Waals surface area contributed by atoms with Crippen LogP contribution in [0.4, 0.5) is 0 Å². The Balaban J connectivity index is 2.30. The maximum absolute atomic E-state index is 10.8. The number of aromatic nitrogens is 2. The molecule has 0 bridgehead atoms. The Morgan fingerprint density at radius 1 is 1.19 bits per heavy atom. The Bertz CT molecular complexity index is 543. The number of ether oxygens (including phenoxy) is 1. The highest BCUT2D eigenvalue weighted by molar-refractivity contribution is 5.79. The Morgan fingerprint density at radius 3 is 2.69 bits per heavy atom. The van der Waals surface area contributed by atoms with Crippen molar-refractivity contribution in [1.29, 1.82) is 0 Å². The van der Waals surface area contributed by atoms with Crippen LogP contribution in [0.1, 0.15) is 10.4 Å². The average Bonchev–Trinajstić information content (AvgIpc) is 2.33. The maximum Gasteiger partial charge on any atom is 0.264 e. The lowest BCUT2D eigenvalue weighted by molar-refractivity contribution is 0.112. The molecule has 0 atom stereocenters. The van der Waals surface area contributed by atoms with Gasteiger partial charge in [0.1, 0.15) is 5.75 Å². The molecule has 2 rings (SSSR count). The minimum absolute atomic E-state index is 0.230. The molecule has 0 amide bonds. The van der Waals surface area contributed by atoms with Crippen molar-refractivity contribution in [3.05, 3.63) is 52.3 Å². The van der Waals surface area contributed by atoms with Gasteiger partial charge in [-0.2, -0.15) is 0 Å². The van der Waals surface area contributed by atoms with Crippen molar-refractivity contribution >= 4 is 6.29 Å². The fourth-order valence-corrected chi connectivity index (χ4v) is 1.17. The summed E-state index contributed by atoms with van der Waals surface area (Å²) in [6.45, 7) is 0. The van der Waals surface area contributed by atoms with Crippen LogP contribution in [0.25, 0.3) is 0 Å². The normalized spacial score (nSPS) is 9.75. The molecule has 0 aliphatic rings. The quantitative estimate of drug-likeness (QED) is 0.786. The maximum atomic E-state index is 10.8.